The van der Waals surface area contributed by atoms with Crippen molar-refractivity contribution < 1.29 is 23.1 Å². The monoisotopic (exact) mass is 564 g/mol. The van der Waals surface area contributed by atoms with E-state index < -0.39 is 7.60 Å². The van der Waals surface area contributed by atoms with Crippen molar-refractivity contribution in [2.24, 2.45) is 5.92 Å². The minimum absolute atomic E-state index is 0.308. The molecule has 1 saturated heterocycles. The van der Waals surface area contributed by atoms with E-state index in [1.807, 2.05) is 36.4 Å². The summed E-state index contributed by atoms with van der Waals surface area (Å²) in [4.78, 5) is 11.0. The molecule has 3 aromatic rings. The molecule has 188 valence electrons. The number of nitrogens with one attached hydrogen (secondary N) is 1. The number of rotatable bonds is 10. The molecular formula is C24H30BrN4O5P. The molecule has 0 atom stereocenters. The van der Waals surface area contributed by atoms with Crippen LogP contribution in [0.15, 0.2) is 47.2 Å². The molecule has 0 spiro atoms. The number of methoxy groups -OCH3 is 1. The molecule has 1 aromatic heterocycles. The van der Waals surface area contributed by atoms with E-state index >= 15 is 0 Å². The van der Waals surface area contributed by atoms with Gasteiger partial charge in [0.1, 0.15) is 18.4 Å². The van der Waals surface area contributed by atoms with Gasteiger partial charge in [0.25, 0.3) is 0 Å². The number of nitrogens with zero attached hydrogens (tertiary/aromatic N) is 3. The SMILES string of the molecule is COc1cc2c(Nc3cccc(Br)c3)ncnc2cc1OCC1CCN(CP(=O)(OC)OC)CC1. The molecule has 0 unspecified atom stereocenters. The molecule has 1 aliphatic rings. The predicted molar refractivity (Wildman–Crippen MR) is 140 cm³/mol. The predicted octanol–water partition coefficient (Wildman–Crippen LogP) is 5.68. The standard InChI is InChI=1S/C24H30BrN4O5P/c1-31-22-12-20-21(26-15-27-24(20)28-19-6-4-5-18(25)11-19)13-23(22)34-14-17-7-9-29(10-8-17)16-35(30,32-2)33-3/h4-6,11-13,15,17H,7-10,14,16H2,1-3H3,(H,26,27,28). The van der Waals surface area contributed by atoms with Crippen molar-refractivity contribution in [2.45, 2.75) is 12.8 Å². The number of benzene rings is 2. The minimum Gasteiger partial charge on any atom is -0.493 e. The van der Waals surface area contributed by atoms with Gasteiger partial charge in [0, 0.05) is 35.8 Å². The summed E-state index contributed by atoms with van der Waals surface area (Å²) in [6.07, 6.45) is 3.72. The molecule has 9 nitrogen and oxygen atoms in total. The van der Waals surface area contributed by atoms with Gasteiger partial charge in [0.05, 0.1) is 19.2 Å². The Labute approximate surface area is 213 Å². The lowest BCUT2D eigenvalue weighted by atomic mass is 9.98. The third kappa shape index (κ3) is 6.51. The molecule has 0 bridgehead atoms. The van der Waals surface area contributed by atoms with E-state index in [4.69, 9.17) is 18.5 Å². The summed E-state index contributed by atoms with van der Waals surface area (Å²) in [6, 6.07) is 11.7. The van der Waals surface area contributed by atoms with Crippen molar-refractivity contribution in [3.05, 3.63) is 47.2 Å². The normalized spacial score (nSPS) is 15.3. The highest BCUT2D eigenvalue weighted by molar-refractivity contribution is 9.10. The fourth-order valence-corrected chi connectivity index (χ4v) is 5.63. The molecule has 1 fully saturated rings. The molecule has 1 aliphatic heterocycles. The van der Waals surface area contributed by atoms with Crippen LogP contribution in [-0.2, 0) is 13.6 Å². The van der Waals surface area contributed by atoms with E-state index in [1.165, 1.54) is 20.5 Å². The number of fused-ring (bicyclic) bond motifs is 1. The minimum atomic E-state index is -3.04. The molecule has 2 aromatic carbocycles. The van der Waals surface area contributed by atoms with Crippen LogP contribution in [-0.4, -0.2) is 62.2 Å². The number of ether oxygens (including phenoxy) is 2. The molecule has 2 heterocycles. The maximum absolute atomic E-state index is 12.4. The van der Waals surface area contributed by atoms with Crippen LogP contribution in [0.2, 0.25) is 0 Å². The van der Waals surface area contributed by atoms with Crippen molar-refractivity contribution in [3.63, 3.8) is 0 Å². The Bertz CT molecular complexity index is 1200. The second-order valence-electron chi connectivity index (χ2n) is 8.37. The lowest BCUT2D eigenvalue weighted by Gasteiger charge is -2.33. The van der Waals surface area contributed by atoms with Gasteiger partial charge < -0.3 is 23.8 Å². The summed E-state index contributed by atoms with van der Waals surface area (Å²) in [5.74, 6) is 2.35. The van der Waals surface area contributed by atoms with Crippen molar-refractivity contribution >= 4 is 45.9 Å². The van der Waals surface area contributed by atoms with Crippen LogP contribution in [0.1, 0.15) is 12.8 Å². The molecule has 0 radical (unpaired) electrons. The maximum Gasteiger partial charge on any atom is 0.344 e. The smallest absolute Gasteiger partial charge is 0.344 e. The van der Waals surface area contributed by atoms with E-state index in [-0.39, 0.29) is 0 Å². The first-order valence-corrected chi connectivity index (χ1v) is 13.9. The van der Waals surface area contributed by atoms with E-state index in [0.29, 0.717) is 36.1 Å². The average molecular weight is 565 g/mol. The Hall–Kier alpha value is -2.23. The molecule has 35 heavy (non-hydrogen) atoms. The Kier molecular flexibility index (Phi) is 8.62. The Morgan fingerprint density at radius 3 is 2.54 bits per heavy atom. The molecule has 0 aliphatic carbocycles. The van der Waals surface area contributed by atoms with Crippen LogP contribution < -0.4 is 14.8 Å². The van der Waals surface area contributed by atoms with Crippen molar-refractivity contribution in [1.82, 2.24) is 14.9 Å². The lowest BCUT2D eigenvalue weighted by Crippen LogP contribution is -2.36. The van der Waals surface area contributed by atoms with Gasteiger partial charge in [-0.15, -0.1) is 0 Å². The molecule has 4 rings (SSSR count). The maximum atomic E-state index is 12.4. The number of aromatic nitrogens is 2. The second-order valence-corrected chi connectivity index (χ2v) is 11.5. The van der Waals surface area contributed by atoms with Gasteiger partial charge in [-0.2, -0.15) is 0 Å². The third-order valence-corrected chi connectivity index (χ3v) is 8.47. The zero-order valence-electron chi connectivity index (χ0n) is 20.1. The van der Waals surface area contributed by atoms with Crippen LogP contribution in [0, 0.1) is 5.92 Å². The number of piperidine rings is 1. The zero-order chi connectivity index (χ0) is 24.8. The van der Waals surface area contributed by atoms with E-state index in [2.05, 4.69) is 36.1 Å². The second kappa shape index (κ2) is 11.7. The molecule has 1 N–H and O–H groups in total. The highest BCUT2D eigenvalue weighted by atomic mass is 79.9. The lowest BCUT2D eigenvalue weighted by molar-refractivity contribution is 0.143. The first-order valence-electron chi connectivity index (χ1n) is 11.3. The Morgan fingerprint density at radius 1 is 1.09 bits per heavy atom. The topological polar surface area (TPSA) is 95.0 Å². The van der Waals surface area contributed by atoms with Gasteiger partial charge in [0.2, 0.25) is 0 Å². The largest absolute Gasteiger partial charge is 0.493 e. The fourth-order valence-electron chi connectivity index (χ4n) is 4.08. The van der Waals surface area contributed by atoms with E-state index in [9.17, 15) is 4.57 Å². The van der Waals surface area contributed by atoms with Crippen LogP contribution in [0.3, 0.4) is 0 Å². The van der Waals surface area contributed by atoms with Gasteiger partial charge in [0.15, 0.2) is 11.5 Å². The van der Waals surface area contributed by atoms with Gasteiger partial charge >= 0.3 is 7.60 Å². The highest BCUT2D eigenvalue weighted by Gasteiger charge is 2.28. The molecule has 0 saturated carbocycles. The van der Waals surface area contributed by atoms with Gasteiger partial charge in [-0.1, -0.05) is 22.0 Å². The molecular weight excluding hydrogens is 535 g/mol. The van der Waals surface area contributed by atoms with Crippen molar-refractivity contribution in [1.29, 1.82) is 0 Å². The summed E-state index contributed by atoms with van der Waals surface area (Å²) in [6.45, 7) is 2.20. The van der Waals surface area contributed by atoms with Crippen LogP contribution >= 0.6 is 23.5 Å². The summed E-state index contributed by atoms with van der Waals surface area (Å²) in [5, 5.41) is 4.19. The molecule has 11 heteroatoms. The zero-order valence-corrected chi connectivity index (χ0v) is 22.5. The van der Waals surface area contributed by atoms with Crippen LogP contribution in [0.25, 0.3) is 10.9 Å². The summed E-state index contributed by atoms with van der Waals surface area (Å²) < 4.78 is 35.3. The van der Waals surface area contributed by atoms with Gasteiger partial charge in [-0.05, 0) is 56.1 Å². The van der Waals surface area contributed by atoms with Gasteiger partial charge in [-0.25, -0.2) is 9.97 Å². The van der Waals surface area contributed by atoms with Gasteiger partial charge in [-0.3, -0.25) is 9.46 Å². The quantitative estimate of drug-likeness (QED) is 0.312. The Balaban J connectivity index is 1.42. The van der Waals surface area contributed by atoms with Crippen molar-refractivity contribution in [2.75, 3.05) is 52.6 Å². The first-order chi connectivity index (χ1) is 16.9. The Morgan fingerprint density at radius 2 is 1.86 bits per heavy atom. The summed E-state index contributed by atoms with van der Waals surface area (Å²) in [7, 11) is 1.44. The first kappa shape index (κ1) is 25.9. The third-order valence-electron chi connectivity index (χ3n) is 6.12. The summed E-state index contributed by atoms with van der Waals surface area (Å²) in [5.41, 5.74) is 1.68. The fraction of sp³-hybridized carbons (Fsp3) is 0.417. The number of hydrogen-bond donors (Lipinski definition) is 1. The average Bonchev–Trinajstić information content (AvgIpc) is 2.88. The summed E-state index contributed by atoms with van der Waals surface area (Å²) >= 11 is 3.49. The number of halogens is 1. The van der Waals surface area contributed by atoms with Crippen LogP contribution in [0.4, 0.5) is 11.5 Å². The van der Waals surface area contributed by atoms with E-state index in [0.717, 1.165) is 47.0 Å². The highest BCUT2D eigenvalue weighted by Crippen LogP contribution is 2.47. The van der Waals surface area contributed by atoms with E-state index in [1.54, 1.807) is 7.11 Å². The molecule has 0 amide bonds. The van der Waals surface area contributed by atoms with Crippen LogP contribution in [0.5, 0.6) is 11.5 Å². The number of hydrogen-bond acceptors (Lipinski definition) is 9. The van der Waals surface area contributed by atoms with Crippen molar-refractivity contribution in [3.8, 4) is 11.5 Å². The number of likely N-dealkylation sites (tertiary alicyclic amines) is 1. The number of anilines is 2.